The molecule has 5 nitrogen and oxygen atoms in total. The van der Waals surface area contributed by atoms with Crippen molar-refractivity contribution >= 4 is 10.4 Å². The Morgan fingerprint density at radius 1 is 1.55 bits per heavy atom. The van der Waals surface area contributed by atoms with Crippen molar-refractivity contribution in [1.29, 1.82) is 0 Å². The largest absolute Gasteiger partial charge is 0.426 e. The maximum absolute atomic E-state index is 10.5. The fourth-order valence-corrected chi connectivity index (χ4v) is 0.774. The highest BCUT2D eigenvalue weighted by atomic mass is 32.3. The topological polar surface area (TPSA) is 61.8 Å². The second-order valence-electron chi connectivity index (χ2n) is 1.46. The summed E-state index contributed by atoms with van der Waals surface area (Å²) in [6.45, 7) is 4.85. The van der Waals surface area contributed by atoms with Gasteiger partial charge in [-0.1, -0.05) is 10.4 Å². The van der Waals surface area contributed by atoms with E-state index in [2.05, 4.69) is 20.0 Å². The van der Waals surface area contributed by atoms with Gasteiger partial charge < -0.3 is 0 Å². The summed E-state index contributed by atoms with van der Waals surface area (Å²) in [4.78, 5) is 4.15. The van der Waals surface area contributed by atoms with Crippen LogP contribution in [0.25, 0.3) is 0 Å². The van der Waals surface area contributed by atoms with E-state index in [-0.39, 0.29) is 13.2 Å². The van der Waals surface area contributed by atoms with Gasteiger partial charge in [-0.15, -0.1) is 6.58 Å². The molecule has 0 aromatic rings. The summed E-state index contributed by atoms with van der Waals surface area (Å²) in [5.41, 5.74) is 0. The van der Waals surface area contributed by atoms with E-state index >= 15 is 0 Å². The SMILES string of the molecule is C=CCOS(=O)(=O)OOCC. The highest BCUT2D eigenvalue weighted by molar-refractivity contribution is 7.81. The smallest absolute Gasteiger partial charge is 0.242 e. The van der Waals surface area contributed by atoms with E-state index in [0.29, 0.717) is 0 Å². The van der Waals surface area contributed by atoms with Crippen LogP contribution in [0.1, 0.15) is 6.92 Å². The van der Waals surface area contributed by atoms with E-state index in [0.717, 1.165) is 0 Å². The third kappa shape index (κ3) is 5.99. The first kappa shape index (κ1) is 10.6. The zero-order valence-electron chi connectivity index (χ0n) is 6.15. The first-order valence-electron chi connectivity index (χ1n) is 2.93. The molecule has 0 fully saturated rings. The van der Waals surface area contributed by atoms with E-state index in [1.165, 1.54) is 6.08 Å². The van der Waals surface area contributed by atoms with Gasteiger partial charge >= 0.3 is 10.4 Å². The number of hydrogen-bond acceptors (Lipinski definition) is 5. The standard InChI is InChI=1S/C5H10O5S/c1-3-5-9-11(6,7)10-8-4-2/h3H,1,4-5H2,2H3. The summed E-state index contributed by atoms with van der Waals surface area (Å²) in [7, 11) is -4.00. The average Bonchev–Trinajstić information content (AvgIpc) is 1.97. The maximum atomic E-state index is 10.5. The van der Waals surface area contributed by atoms with Gasteiger partial charge in [0.1, 0.15) is 0 Å². The molecule has 0 aliphatic carbocycles. The molecule has 0 radical (unpaired) electrons. The third-order valence-electron chi connectivity index (χ3n) is 0.580. The molecule has 0 rings (SSSR count). The molecular weight excluding hydrogens is 172 g/mol. The zero-order valence-corrected chi connectivity index (χ0v) is 6.96. The molecule has 0 aliphatic rings. The molecule has 0 heterocycles. The third-order valence-corrected chi connectivity index (χ3v) is 1.27. The summed E-state index contributed by atoms with van der Waals surface area (Å²) in [5, 5.41) is 0. The lowest BCUT2D eigenvalue weighted by Crippen LogP contribution is -2.10. The minimum absolute atomic E-state index is 0.130. The molecule has 6 heteroatoms. The lowest BCUT2D eigenvalue weighted by molar-refractivity contribution is -0.204. The second-order valence-corrected chi connectivity index (χ2v) is 2.64. The lowest BCUT2D eigenvalue weighted by atomic mass is 10.7. The van der Waals surface area contributed by atoms with Crippen molar-refractivity contribution in [2.45, 2.75) is 6.92 Å². The molecule has 0 saturated heterocycles. The van der Waals surface area contributed by atoms with Crippen molar-refractivity contribution in [3.8, 4) is 0 Å². The Bertz CT molecular complexity index is 195. The van der Waals surface area contributed by atoms with Crippen LogP contribution in [0.5, 0.6) is 0 Å². The van der Waals surface area contributed by atoms with Crippen LogP contribution >= 0.6 is 0 Å². The molecule has 0 unspecified atom stereocenters. The second kappa shape index (κ2) is 5.25. The molecular formula is C5H10O5S. The van der Waals surface area contributed by atoms with Crippen molar-refractivity contribution < 1.29 is 21.8 Å². The number of rotatable bonds is 6. The van der Waals surface area contributed by atoms with Crippen LogP contribution in [0.4, 0.5) is 0 Å². The van der Waals surface area contributed by atoms with Crippen LogP contribution in [0.3, 0.4) is 0 Å². The van der Waals surface area contributed by atoms with Crippen molar-refractivity contribution in [1.82, 2.24) is 0 Å². The first-order chi connectivity index (χ1) is 5.12. The molecule has 11 heavy (non-hydrogen) atoms. The van der Waals surface area contributed by atoms with E-state index in [4.69, 9.17) is 0 Å². The van der Waals surface area contributed by atoms with E-state index in [1.54, 1.807) is 6.92 Å². The Kier molecular flexibility index (Phi) is 5.05. The van der Waals surface area contributed by atoms with Gasteiger partial charge in [-0.3, -0.25) is 0 Å². The molecule has 0 aromatic carbocycles. The predicted molar refractivity (Wildman–Crippen MR) is 37.8 cm³/mol. The van der Waals surface area contributed by atoms with Crippen molar-refractivity contribution in [2.75, 3.05) is 13.2 Å². The summed E-state index contributed by atoms with van der Waals surface area (Å²) >= 11 is 0. The van der Waals surface area contributed by atoms with Crippen molar-refractivity contribution in [3.05, 3.63) is 12.7 Å². The van der Waals surface area contributed by atoms with Crippen molar-refractivity contribution in [3.63, 3.8) is 0 Å². The van der Waals surface area contributed by atoms with E-state index < -0.39 is 10.4 Å². The molecule has 0 N–H and O–H groups in total. The van der Waals surface area contributed by atoms with Gasteiger partial charge in [-0.25, -0.2) is 9.07 Å². The Hall–Kier alpha value is -0.430. The van der Waals surface area contributed by atoms with Crippen LogP contribution < -0.4 is 0 Å². The van der Waals surface area contributed by atoms with Gasteiger partial charge in [0.15, 0.2) is 0 Å². The Balaban J connectivity index is 3.71. The fourth-order valence-electron chi connectivity index (χ4n) is 0.258. The van der Waals surface area contributed by atoms with Gasteiger partial charge in [0, 0.05) is 0 Å². The quantitative estimate of drug-likeness (QED) is 0.338. The predicted octanol–water partition coefficient (Wildman–Crippen LogP) is 0.402. The molecule has 0 aliphatic heterocycles. The van der Waals surface area contributed by atoms with Gasteiger partial charge in [0.2, 0.25) is 0 Å². The molecule has 0 amide bonds. The van der Waals surface area contributed by atoms with Gasteiger partial charge in [0.05, 0.1) is 13.2 Å². The summed E-state index contributed by atoms with van der Waals surface area (Å²) in [6, 6.07) is 0. The highest BCUT2D eigenvalue weighted by Gasteiger charge is 2.10. The summed E-state index contributed by atoms with van der Waals surface area (Å²) < 4.78 is 29.1. The van der Waals surface area contributed by atoms with Crippen LogP contribution in [0.15, 0.2) is 12.7 Å². The lowest BCUT2D eigenvalue weighted by Gasteiger charge is -2.00. The zero-order chi connectivity index (χ0) is 8.74. The fraction of sp³-hybridized carbons (Fsp3) is 0.600. The van der Waals surface area contributed by atoms with Crippen molar-refractivity contribution in [2.24, 2.45) is 0 Å². The highest BCUT2D eigenvalue weighted by Crippen LogP contribution is 1.95. The molecule has 0 spiro atoms. The van der Waals surface area contributed by atoms with E-state index in [1.807, 2.05) is 0 Å². The van der Waals surface area contributed by atoms with Gasteiger partial charge in [0.25, 0.3) is 0 Å². The molecule has 0 aromatic heterocycles. The first-order valence-corrected chi connectivity index (χ1v) is 4.27. The normalized spacial score (nSPS) is 11.4. The minimum atomic E-state index is -4.00. The van der Waals surface area contributed by atoms with Crippen LogP contribution in [0.2, 0.25) is 0 Å². The Labute approximate surface area is 65.8 Å². The summed E-state index contributed by atoms with van der Waals surface area (Å²) in [6.07, 6.45) is 1.28. The molecule has 0 bridgehead atoms. The Morgan fingerprint density at radius 2 is 2.18 bits per heavy atom. The van der Waals surface area contributed by atoms with Gasteiger partial charge in [-0.05, 0) is 6.92 Å². The minimum Gasteiger partial charge on any atom is -0.242 e. The van der Waals surface area contributed by atoms with E-state index in [9.17, 15) is 8.42 Å². The van der Waals surface area contributed by atoms with Crippen LogP contribution in [0, 0.1) is 0 Å². The maximum Gasteiger partial charge on any atom is 0.426 e. The Morgan fingerprint density at radius 3 is 2.64 bits per heavy atom. The van der Waals surface area contributed by atoms with Crippen LogP contribution in [-0.4, -0.2) is 21.6 Å². The number of hydrogen-bond donors (Lipinski definition) is 0. The van der Waals surface area contributed by atoms with Gasteiger partial charge in [-0.2, -0.15) is 8.42 Å². The monoisotopic (exact) mass is 182 g/mol. The molecule has 0 saturated carbocycles. The molecule has 66 valence electrons. The average molecular weight is 182 g/mol. The summed E-state index contributed by atoms with van der Waals surface area (Å²) in [5.74, 6) is 0. The molecule has 0 atom stereocenters. The van der Waals surface area contributed by atoms with Crippen LogP contribution in [-0.2, 0) is 23.8 Å².